The molecule has 0 saturated carbocycles. The predicted molar refractivity (Wildman–Crippen MR) is 117 cm³/mol. The average Bonchev–Trinajstić information content (AvgIpc) is 3.09. The van der Waals surface area contributed by atoms with Crippen LogP contribution >= 0.6 is 0 Å². The molecular weight excluding hydrogens is 348 g/mol. The Kier molecular flexibility index (Phi) is 9.87. The molecule has 1 saturated heterocycles. The lowest BCUT2D eigenvalue weighted by atomic mass is 10.1. The number of amides is 1. The van der Waals surface area contributed by atoms with Crippen molar-refractivity contribution in [3.8, 4) is 0 Å². The van der Waals surface area contributed by atoms with Gasteiger partial charge in [0, 0.05) is 32.1 Å². The highest BCUT2D eigenvalue weighted by molar-refractivity contribution is 5.80. The largest absolute Gasteiger partial charge is 0.357 e. The van der Waals surface area contributed by atoms with Crippen molar-refractivity contribution in [2.75, 3.05) is 13.1 Å². The van der Waals surface area contributed by atoms with Crippen LogP contribution in [0.1, 0.15) is 76.8 Å². The minimum Gasteiger partial charge on any atom is -0.357 e. The van der Waals surface area contributed by atoms with Crippen LogP contribution in [0.15, 0.2) is 29.3 Å². The average molecular weight is 387 g/mol. The smallest absolute Gasteiger partial charge is 0.222 e. The highest BCUT2D eigenvalue weighted by Gasteiger charge is 2.20. The molecule has 1 amide bonds. The third-order valence-electron chi connectivity index (χ3n) is 5.28. The van der Waals surface area contributed by atoms with E-state index in [1.54, 1.807) is 0 Å². The van der Waals surface area contributed by atoms with Crippen LogP contribution < -0.4 is 10.6 Å². The second-order valence-electron chi connectivity index (χ2n) is 7.78. The number of unbranched alkanes of at least 4 members (excludes halogenated alkanes) is 3. The van der Waals surface area contributed by atoms with Gasteiger partial charge in [0.25, 0.3) is 0 Å². The first-order valence-corrected chi connectivity index (χ1v) is 11.0. The molecule has 1 fully saturated rings. The van der Waals surface area contributed by atoms with Gasteiger partial charge in [-0.25, -0.2) is 4.99 Å². The van der Waals surface area contributed by atoms with Crippen molar-refractivity contribution in [1.82, 2.24) is 15.5 Å². The summed E-state index contributed by atoms with van der Waals surface area (Å²) < 4.78 is 0. The maximum absolute atomic E-state index is 12.0. The molecule has 2 rings (SSSR count). The predicted octanol–water partition coefficient (Wildman–Crippen LogP) is 4.22. The molecule has 1 unspecified atom stereocenters. The van der Waals surface area contributed by atoms with E-state index in [-0.39, 0.29) is 5.91 Å². The first kappa shape index (κ1) is 22.3. The molecule has 1 atom stereocenters. The van der Waals surface area contributed by atoms with Crippen LogP contribution in [0.4, 0.5) is 0 Å². The zero-order valence-corrected chi connectivity index (χ0v) is 18.0. The van der Waals surface area contributed by atoms with E-state index in [1.807, 2.05) is 11.0 Å². The minimum absolute atomic E-state index is 0.269. The summed E-state index contributed by atoms with van der Waals surface area (Å²) >= 11 is 0. The number of rotatable bonds is 11. The van der Waals surface area contributed by atoms with E-state index in [0.29, 0.717) is 25.6 Å². The number of aliphatic imine (C=N–C) groups is 1. The number of benzene rings is 1. The van der Waals surface area contributed by atoms with E-state index >= 15 is 0 Å². The van der Waals surface area contributed by atoms with Crippen molar-refractivity contribution >= 4 is 11.9 Å². The van der Waals surface area contributed by atoms with Gasteiger partial charge < -0.3 is 15.5 Å². The normalized spacial score (nSPS) is 15.8. The number of hydrogen-bond acceptors (Lipinski definition) is 2. The topological polar surface area (TPSA) is 56.7 Å². The summed E-state index contributed by atoms with van der Waals surface area (Å²) in [6.07, 6.45) is 7.98. The van der Waals surface area contributed by atoms with Gasteiger partial charge in [0.2, 0.25) is 5.91 Å². The highest BCUT2D eigenvalue weighted by atomic mass is 16.2. The maximum atomic E-state index is 12.0. The number of hydrogen-bond donors (Lipinski definition) is 2. The van der Waals surface area contributed by atoms with E-state index in [0.717, 1.165) is 31.9 Å². The van der Waals surface area contributed by atoms with Crippen LogP contribution in [0.2, 0.25) is 0 Å². The SMILES string of the molecule is CCCCCCC(C)NC(=NCc1ccccc1CN1CCCC1=O)NCC. The quantitative estimate of drug-likeness (QED) is 0.340. The van der Waals surface area contributed by atoms with Gasteiger partial charge in [0.1, 0.15) is 0 Å². The van der Waals surface area contributed by atoms with E-state index in [9.17, 15) is 4.79 Å². The molecule has 1 aliphatic heterocycles. The van der Waals surface area contributed by atoms with Gasteiger partial charge in [0.05, 0.1) is 6.54 Å². The molecule has 1 aromatic carbocycles. The Bertz CT molecular complexity index is 629. The number of likely N-dealkylation sites (tertiary alicyclic amines) is 1. The molecule has 0 aromatic heterocycles. The minimum atomic E-state index is 0.269. The molecule has 0 spiro atoms. The van der Waals surface area contributed by atoms with Crippen LogP contribution in [0.3, 0.4) is 0 Å². The summed E-state index contributed by atoms with van der Waals surface area (Å²) in [5.41, 5.74) is 2.39. The highest BCUT2D eigenvalue weighted by Crippen LogP contribution is 2.18. The molecular formula is C23H38N4O. The van der Waals surface area contributed by atoms with Crippen molar-refractivity contribution in [1.29, 1.82) is 0 Å². The van der Waals surface area contributed by atoms with Gasteiger partial charge in [-0.15, -0.1) is 0 Å². The fraction of sp³-hybridized carbons (Fsp3) is 0.652. The number of carbonyl (C=O) groups is 1. The summed E-state index contributed by atoms with van der Waals surface area (Å²) in [6, 6.07) is 8.75. The van der Waals surface area contributed by atoms with Crippen LogP contribution in [0, 0.1) is 0 Å². The Morgan fingerprint density at radius 1 is 1.18 bits per heavy atom. The molecule has 156 valence electrons. The third-order valence-corrected chi connectivity index (χ3v) is 5.28. The molecule has 0 aliphatic carbocycles. The van der Waals surface area contributed by atoms with Gasteiger partial charge in [-0.05, 0) is 37.8 Å². The second-order valence-corrected chi connectivity index (χ2v) is 7.78. The number of carbonyl (C=O) groups excluding carboxylic acids is 1. The molecule has 28 heavy (non-hydrogen) atoms. The fourth-order valence-corrected chi connectivity index (χ4v) is 3.61. The van der Waals surface area contributed by atoms with Gasteiger partial charge in [-0.1, -0.05) is 56.9 Å². The first-order chi connectivity index (χ1) is 13.6. The third kappa shape index (κ3) is 7.53. The zero-order valence-electron chi connectivity index (χ0n) is 18.0. The zero-order chi connectivity index (χ0) is 20.2. The standard InChI is InChI=1S/C23H38N4O/c1-4-6-7-8-12-19(3)26-23(24-5-2)25-17-20-13-9-10-14-21(20)18-27-16-11-15-22(27)28/h9-10,13-14,19H,4-8,11-12,15-18H2,1-3H3,(H2,24,25,26). The van der Waals surface area contributed by atoms with Crippen molar-refractivity contribution in [3.63, 3.8) is 0 Å². The first-order valence-electron chi connectivity index (χ1n) is 11.0. The van der Waals surface area contributed by atoms with Crippen molar-refractivity contribution in [2.45, 2.75) is 84.8 Å². The summed E-state index contributed by atoms with van der Waals surface area (Å²) in [5, 5.41) is 6.90. The Morgan fingerprint density at radius 2 is 1.96 bits per heavy atom. The summed E-state index contributed by atoms with van der Waals surface area (Å²) in [5.74, 6) is 1.14. The number of guanidine groups is 1. The van der Waals surface area contributed by atoms with E-state index < -0.39 is 0 Å². The number of nitrogens with one attached hydrogen (secondary N) is 2. The van der Waals surface area contributed by atoms with Gasteiger partial charge >= 0.3 is 0 Å². The van der Waals surface area contributed by atoms with Crippen LogP contribution in [0.5, 0.6) is 0 Å². The lowest BCUT2D eigenvalue weighted by Gasteiger charge is -2.19. The fourth-order valence-electron chi connectivity index (χ4n) is 3.61. The van der Waals surface area contributed by atoms with E-state index in [4.69, 9.17) is 4.99 Å². The summed E-state index contributed by atoms with van der Waals surface area (Å²) in [6.45, 7) is 9.60. The van der Waals surface area contributed by atoms with Crippen molar-refractivity contribution in [2.24, 2.45) is 4.99 Å². The van der Waals surface area contributed by atoms with Crippen molar-refractivity contribution in [3.05, 3.63) is 35.4 Å². The van der Waals surface area contributed by atoms with Crippen LogP contribution in [0.25, 0.3) is 0 Å². The molecule has 1 aromatic rings. The molecule has 0 radical (unpaired) electrons. The molecule has 5 nitrogen and oxygen atoms in total. The molecule has 5 heteroatoms. The van der Waals surface area contributed by atoms with Crippen molar-refractivity contribution < 1.29 is 4.79 Å². The van der Waals surface area contributed by atoms with Crippen LogP contribution in [-0.4, -0.2) is 35.9 Å². The Hall–Kier alpha value is -2.04. The Morgan fingerprint density at radius 3 is 2.64 bits per heavy atom. The van der Waals surface area contributed by atoms with Crippen LogP contribution in [-0.2, 0) is 17.9 Å². The molecule has 1 heterocycles. The second kappa shape index (κ2) is 12.4. The van der Waals surface area contributed by atoms with Gasteiger partial charge in [-0.3, -0.25) is 4.79 Å². The van der Waals surface area contributed by atoms with Gasteiger partial charge in [-0.2, -0.15) is 0 Å². The monoisotopic (exact) mass is 386 g/mol. The summed E-state index contributed by atoms with van der Waals surface area (Å²) in [4.78, 5) is 18.7. The van der Waals surface area contributed by atoms with E-state index in [1.165, 1.54) is 36.8 Å². The lowest BCUT2D eigenvalue weighted by Crippen LogP contribution is -2.42. The molecule has 1 aliphatic rings. The molecule has 2 N–H and O–H groups in total. The van der Waals surface area contributed by atoms with Gasteiger partial charge in [0.15, 0.2) is 5.96 Å². The Labute approximate surface area is 171 Å². The number of nitrogens with zero attached hydrogens (tertiary/aromatic N) is 2. The maximum Gasteiger partial charge on any atom is 0.222 e. The summed E-state index contributed by atoms with van der Waals surface area (Å²) in [7, 11) is 0. The Balaban J connectivity index is 1.95. The van der Waals surface area contributed by atoms with E-state index in [2.05, 4.69) is 49.6 Å². The lowest BCUT2D eigenvalue weighted by molar-refractivity contribution is -0.128. The molecule has 0 bridgehead atoms.